The summed E-state index contributed by atoms with van der Waals surface area (Å²) in [4.78, 5) is 25.6. The van der Waals surface area contributed by atoms with Gasteiger partial charge in [-0.2, -0.15) is 0 Å². The quantitative estimate of drug-likeness (QED) is 0.541. The molecule has 0 spiro atoms. The van der Waals surface area contributed by atoms with Crippen LogP contribution in [0.15, 0.2) is 60.7 Å². The Morgan fingerprint density at radius 1 is 0.933 bits per heavy atom. The zero-order valence-electron chi connectivity index (χ0n) is 17.2. The second-order valence-electron chi connectivity index (χ2n) is 7.37. The van der Waals surface area contributed by atoms with E-state index < -0.39 is 0 Å². The van der Waals surface area contributed by atoms with Gasteiger partial charge >= 0.3 is 0 Å². The summed E-state index contributed by atoms with van der Waals surface area (Å²) in [6.45, 7) is 5.39. The number of rotatable bonds is 9. The molecular formula is C24H30N3O3+. The number of carbonyl (C=O) groups excluding carboxylic acids is 2. The smallest absolute Gasteiger partial charge is 0.244 e. The number of hydrogen-bond donors (Lipinski definition) is 3. The highest BCUT2D eigenvalue weighted by molar-refractivity contribution is 5.92. The SMILES string of the molecule is O=C(/C=C/c1ccccc1)NCCC(=O)NCc1ccccc1C[NH+]1CCOCC1. The zero-order chi connectivity index (χ0) is 21.0. The molecule has 2 aromatic rings. The first-order valence-corrected chi connectivity index (χ1v) is 10.5. The van der Waals surface area contributed by atoms with Gasteiger partial charge < -0.3 is 20.3 Å². The molecule has 6 heteroatoms. The van der Waals surface area contributed by atoms with Gasteiger partial charge in [0.1, 0.15) is 19.6 Å². The second kappa shape index (κ2) is 11.9. The average Bonchev–Trinajstić information content (AvgIpc) is 2.78. The summed E-state index contributed by atoms with van der Waals surface area (Å²) < 4.78 is 5.43. The van der Waals surface area contributed by atoms with Crippen LogP contribution in [0, 0.1) is 0 Å². The van der Waals surface area contributed by atoms with Crippen LogP contribution in [0.1, 0.15) is 23.1 Å². The lowest BCUT2D eigenvalue weighted by atomic mass is 10.1. The summed E-state index contributed by atoms with van der Waals surface area (Å²) in [6, 6.07) is 17.8. The minimum atomic E-state index is -0.203. The van der Waals surface area contributed by atoms with Gasteiger partial charge in [0.2, 0.25) is 11.8 Å². The molecule has 2 amide bonds. The third-order valence-electron chi connectivity index (χ3n) is 5.11. The van der Waals surface area contributed by atoms with Crippen LogP contribution in [-0.4, -0.2) is 44.7 Å². The Kier molecular flexibility index (Phi) is 8.62. The molecular weight excluding hydrogens is 378 g/mol. The number of carbonyl (C=O) groups is 2. The third-order valence-corrected chi connectivity index (χ3v) is 5.11. The van der Waals surface area contributed by atoms with E-state index in [0.29, 0.717) is 13.1 Å². The first-order valence-electron chi connectivity index (χ1n) is 10.5. The first kappa shape index (κ1) is 21.7. The lowest BCUT2D eigenvalue weighted by Crippen LogP contribution is -3.12. The molecule has 0 bridgehead atoms. The van der Waals surface area contributed by atoms with E-state index in [-0.39, 0.29) is 18.2 Å². The Labute approximate surface area is 177 Å². The van der Waals surface area contributed by atoms with Gasteiger partial charge in [-0.15, -0.1) is 0 Å². The summed E-state index contributed by atoms with van der Waals surface area (Å²) in [7, 11) is 0. The molecule has 0 radical (unpaired) electrons. The van der Waals surface area contributed by atoms with Gasteiger partial charge in [0.05, 0.1) is 13.2 Å². The van der Waals surface area contributed by atoms with Crippen LogP contribution in [0.5, 0.6) is 0 Å². The van der Waals surface area contributed by atoms with Gasteiger partial charge in [0.15, 0.2) is 0 Å². The summed E-state index contributed by atoms with van der Waals surface area (Å²) in [5.41, 5.74) is 3.36. The van der Waals surface area contributed by atoms with E-state index in [9.17, 15) is 9.59 Å². The number of morpholine rings is 1. The standard InChI is InChI=1S/C24H29N3O3/c28-23(11-10-20-6-2-1-3-7-20)25-13-12-24(29)26-18-21-8-4-5-9-22(21)19-27-14-16-30-17-15-27/h1-11H,12-19H2,(H,25,28)(H,26,29)/p+1/b11-10+. The van der Waals surface area contributed by atoms with Crippen molar-refractivity contribution in [1.29, 1.82) is 0 Å². The van der Waals surface area contributed by atoms with Gasteiger partial charge in [0.25, 0.3) is 0 Å². The number of benzene rings is 2. The van der Waals surface area contributed by atoms with Crippen molar-refractivity contribution in [2.75, 3.05) is 32.8 Å². The Morgan fingerprint density at radius 2 is 1.63 bits per heavy atom. The largest absolute Gasteiger partial charge is 0.370 e. The van der Waals surface area contributed by atoms with Gasteiger partial charge in [-0.25, -0.2) is 0 Å². The minimum Gasteiger partial charge on any atom is -0.370 e. The van der Waals surface area contributed by atoms with Crippen molar-refractivity contribution >= 4 is 17.9 Å². The summed E-state index contributed by atoms with van der Waals surface area (Å²) in [5, 5.41) is 5.71. The highest BCUT2D eigenvalue weighted by Crippen LogP contribution is 2.07. The fourth-order valence-corrected chi connectivity index (χ4v) is 3.39. The topological polar surface area (TPSA) is 71.9 Å². The molecule has 0 unspecified atom stereocenters. The van der Waals surface area contributed by atoms with Crippen LogP contribution in [0.25, 0.3) is 6.08 Å². The van der Waals surface area contributed by atoms with Crippen LogP contribution in [0.3, 0.4) is 0 Å². The van der Waals surface area contributed by atoms with E-state index in [2.05, 4.69) is 22.8 Å². The summed E-state index contributed by atoms with van der Waals surface area (Å²) in [5.74, 6) is -0.277. The van der Waals surface area contributed by atoms with Gasteiger partial charge in [0, 0.05) is 31.1 Å². The lowest BCUT2D eigenvalue weighted by Gasteiger charge is -2.24. The molecule has 0 aliphatic carbocycles. The van der Waals surface area contributed by atoms with Crippen molar-refractivity contribution in [3.63, 3.8) is 0 Å². The Morgan fingerprint density at radius 3 is 2.40 bits per heavy atom. The van der Waals surface area contributed by atoms with E-state index in [1.165, 1.54) is 16.5 Å². The summed E-state index contributed by atoms with van der Waals surface area (Å²) >= 11 is 0. The molecule has 0 aromatic heterocycles. The molecule has 1 fully saturated rings. The van der Waals surface area contributed by atoms with Crippen molar-refractivity contribution in [2.45, 2.75) is 19.5 Å². The third kappa shape index (κ3) is 7.46. The van der Waals surface area contributed by atoms with Crippen LogP contribution in [0.2, 0.25) is 0 Å². The molecule has 1 saturated heterocycles. The number of hydrogen-bond acceptors (Lipinski definition) is 3. The van der Waals surface area contributed by atoms with E-state index in [1.54, 1.807) is 6.08 Å². The van der Waals surface area contributed by atoms with Gasteiger partial charge in [-0.05, 0) is 17.2 Å². The molecule has 1 aliphatic rings. The van der Waals surface area contributed by atoms with E-state index in [1.807, 2.05) is 42.5 Å². The molecule has 3 rings (SSSR count). The van der Waals surface area contributed by atoms with Crippen molar-refractivity contribution in [3.05, 3.63) is 77.4 Å². The molecule has 0 atom stereocenters. The molecule has 30 heavy (non-hydrogen) atoms. The number of ether oxygens (including phenoxy) is 1. The van der Waals surface area contributed by atoms with Gasteiger partial charge in [-0.3, -0.25) is 9.59 Å². The van der Waals surface area contributed by atoms with E-state index in [4.69, 9.17) is 4.74 Å². The van der Waals surface area contributed by atoms with Crippen LogP contribution in [-0.2, 0) is 27.4 Å². The van der Waals surface area contributed by atoms with Crippen molar-refractivity contribution in [2.24, 2.45) is 0 Å². The molecule has 1 heterocycles. The zero-order valence-corrected chi connectivity index (χ0v) is 17.2. The average molecular weight is 409 g/mol. The summed E-state index contributed by atoms with van der Waals surface area (Å²) in [6.07, 6.45) is 3.49. The normalized spacial score (nSPS) is 14.5. The van der Waals surface area contributed by atoms with Crippen molar-refractivity contribution in [1.82, 2.24) is 10.6 Å². The highest BCUT2D eigenvalue weighted by Gasteiger charge is 2.16. The minimum absolute atomic E-state index is 0.0733. The predicted molar refractivity (Wildman–Crippen MR) is 117 cm³/mol. The maximum Gasteiger partial charge on any atom is 0.244 e. The number of quaternary nitrogens is 1. The monoisotopic (exact) mass is 408 g/mol. The highest BCUT2D eigenvalue weighted by atomic mass is 16.5. The Hall–Kier alpha value is -2.96. The Balaban J connectivity index is 1.38. The lowest BCUT2D eigenvalue weighted by molar-refractivity contribution is -0.921. The van der Waals surface area contributed by atoms with Gasteiger partial charge in [-0.1, -0.05) is 54.6 Å². The van der Waals surface area contributed by atoms with Crippen LogP contribution < -0.4 is 15.5 Å². The fourth-order valence-electron chi connectivity index (χ4n) is 3.39. The molecule has 3 N–H and O–H groups in total. The maximum absolute atomic E-state index is 12.2. The molecule has 1 aliphatic heterocycles. The molecule has 2 aromatic carbocycles. The van der Waals surface area contributed by atoms with Crippen molar-refractivity contribution < 1.29 is 19.2 Å². The van der Waals surface area contributed by atoms with Crippen LogP contribution >= 0.6 is 0 Å². The van der Waals surface area contributed by atoms with Crippen molar-refractivity contribution in [3.8, 4) is 0 Å². The fraction of sp³-hybridized carbons (Fsp3) is 0.333. The maximum atomic E-state index is 12.2. The van der Waals surface area contributed by atoms with E-state index in [0.717, 1.165) is 44.0 Å². The Bertz CT molecular complexity index is 846. The molecule has 158 valence electrons. The molecule has 0 saturated carbocycles. The number of nitrogens with one attached hydrogen (secondary N) is 3. The predicted octanol–water partition coefficient (Wildman–Crippen LogP) is 0.938. The van der Waals surface area contributed by atoms with E-state index >= 15 is 0 Å². The first-order chi connectivity index (χ1) is 14.7. The van der Waals surface area contributed by atoms with Crippen LogP contribution in [0.4, 0.5) is 0 Å². The molecule has 6 nitrogen and oxygen atoms in total. The second-order valence-corrected chi connectivity index (χ2v) is 7.37. The number of amides is 2.